The van der Waals surface area contributed by atoms with Gasteiger partial charge < -0.3 is 9.88 Å². The van der Waals surface area contributed by atoms with Gasteiger partial charge in [0, 0.05) is 28.6 Å². The first-order chi connectivity index (χ1) is 15.0. The molecule has 2 heterocycles. The lowest BCUT2D eigenvalue weighted by atomic mass is 10.1. The maximum absolute atomic E-state index is 12.2. The minimum Gasteiger partial charge on any atom is -0.350 e. The molecule has 4 aromatic rings. The SMILES string of the molecule is CC(C)NC(=O)c1ccc(Cn2c(SCc3ccc(Cl)cc3)nc3ccncc32)cc1. The molecule has 0 aliphatic carbocycles. The molecular formula is C24H23ClN4OS. The van der Waals surface area contributed by atoms with Crippen molar-refractivity contribution in [1.29, 1.82) is 0 Å². The lowest BCUT2D eigenvalue weighted by Gasteiger charge is -2.11. The summed E-state index contributed by atoms with van der Waals surface area (Å²) < 4.78 is 2.17. The fourth-order valence-electron chi connectivity index (χ4n) is 3.23. The summed E-state index contributed by atoms with van der Waals surface area (Å²) >= 11 is 7.68. The summed E-state index contributed by atoms with van der Waals surface area (Å²) in [6.45, 7) is 4.55. The fraction of sp³-hybridized carbons (Fsp3) is 0.208. The van der Waals surface area contributed by atoms with Crippen molar-refractivity contribution in [3.05, 3.63) is 88.7 Å². The third-order valence-corrected chi connectivity index (χ3v) is 6.07. The van der Waals surface area contributed by atoms with Crippen molar-refractivity contribution >= 4 is 40.3 Å². The van der Waals surface area contributed by atoms with Gasteiger partial charge >= 0.3 is 0 Å². The molecule has 0 atom stereocenters. The highest BCUT2D eigenvalue weighted by atomic mass is 35.5. The molecule has 2 aromatic carbocycles. The Kier molecular flexibility index (Phi) is 6.59. The number of fused-ring (bicyclic) bond motifs is 1. The van der Waals surface area contributed by atoms with Gasteiger partial charge in [0.05, 0.1) is 23.8 Å². The predicted octanol–water partition coefficient (Wildman–Crippen LogP) is 5.56. The van der Waals surface area contributed by atoms with Gasteiger partial charge in [-0.25, -0.2) is 4.98 Å². The number of imidazole rings is 1. The molecule has 7 heteroatoms. The van der Waals surface area contributed by atoms with Gasteiger partial charge in [0.2, 0.25) is 0 Å². The molecule has 4 rings (SSSR count). The van der Waals surface area contributed by atoms with Gasteiger partial charge in [-0.15, -0.1) is 0 Å². The van der Waals surface area contributed by atoms with Crippen molar-refractivity contribution in [2.45, 2.75) is 37.3 Å². The van der Waals surface area contributed by atoms with E-state index >= 15 is 0 Å². The molecule has 0 saturated carbocycles. The summed E-state index contributed by atoms with van der Waals surface area (Å²) in [4.78, 5) is 21.3. The molecule has 0 aliphatic rings. The van der Waals surface area contributed by atoms with Crippen LogP contribution in [0.25, 0.3) is 11.0 Å². The molecule has 2 aromatic heterocycles. The van der Waals surface area contributed by atoms with Crippen LogP contribution in [0.15, 0.2) is 72.1 Å². The number of nitrogens with one attached hydrogen (secondary N) is 1. The van der Waals surface area contributed by atoms with Gasteiger partial charge in [0.1, 0.15) is 0 Å². The normalized spacial score (nSPS) is 11.2. The molecule has 5 nitrogen and oxygen atoms in total. The highest BCUT2D eigenvalue weighted by molar-refractivity contribution is 7.98. The van der Waals surface area contributed by atoms with E-state index in [1.165, 1.54) is 5.56 Å². The summed E-state index contributed by atoms with van der Waals surface area (Å²) in [5.41, 5.74) is 4.85. The Balaban J connectivity index is 1.57. The van der Waals surface area contributed by atoms with E-state index in [1.54, 1.807) is 18.0 Å². The van der Waals surface area contributed by atoms with E-state index in [9.17, 15) is 4.79 Å². The zero-order chi connectivity index (χ0) is 21.8. The first-order valence-corrected chi connectivity index (χ1v) is 11.4. The Morgan fingerprint density at radius 3 is 2.48 bits per heavy atom. The number of carbonyl (C=O) groups is 1. The van der Waals surface area contributed by atoms with Gasteiger partial charge in [-0.1, -0.05) is 47.6 Å². The van der Waals surface area contributed by atoms with Crippen molar-refractivity contribution in [1.82, 2.24) is 19.9 Å². The van der Waals surface area contributed by atoms with Crippen LogP contribution in [0.4, 0.5) is 0 Å². The number of hydrogen-bond donors (Lipinski definition) is 1. The molecule has 0 aliphatic heterocycles. The summed E-state index contributed by atoms with van der Waals surface area (Å²) in [6.07, 6.45) is 3.61. The van der Waals surface area contributed by atoms with Gasteiger partial charge in [0.25, 0.3) is 5.91 Å². The molecule has 31 heavy (non-hydrogen) atoms. The molecule has 0 unspecified atom stereocenters. The number of benzene rings is 2. The summed E-state index contributed by atoms with van der Waals surface area (Å²) in [5.74, 6) is 0.737. The fourth-order valence-corrected chi connectivity index (χ4v) is 4.32. The van der Waals surface area contributed by atoms with Crippen LogP contribution in [-0.4, -0.2) is 26.5 Å². The number of pyridine rings is 1. The van der Waals surface area contributed by atoms with Gasteiger partial charge in [0.15, 0.2) is 5.16 Å². The van der Waals surface area contributed by atoms with E-state index in [-0.39, 0.29) is 11.9 Å². The van der Waals surface area contributed by atoms with E-state index < -0.39 is 0 Å². The molecule has 0 fully saturated rings. The second kappa shape index (κ2) is 9.54. The van der Waals surface area contributed by atoms with Crippen molar-refractivity contribution in [3.63, 3.8) is 0 Å². The third-order valence-electron chi connectivity index (χ3n) is 4.77. The predicted molar refractivity (Wildman–Crippen MR) is 127 cm³/mol. The molecule has 1 amide bonds. The molecule has 1 N–H and O–H groups in total. The molecule has 0 spiro atoms. The molecule has 0 bridgehead atoms. The Hall–Kier alpha value is -2.83. The molecular weight excluding hydrogens is 428 g/mol. The molecule has 158 valence electrons. The van der Waals surface area contributed by atoms with Crippen LogP contribution in [0, 0.1) is 0 Å². The van der Waals surface area contributed by atoms with Crippen LogP contribution >= 0.6 is 23.4 Å². The lowest BCUT2D eigenvalue weighted by molar-refractivity contribution is 0.0943. The van der Waals surface area contributed by atoms with Crippen LogP contribution in [-0.2, 0) is 12.3 Å². The average molecular weight is 451 g/mol. The van der Waals surface area contributed by atoms with Gasteiger partial charge in [-0.3, -0.25) is 9.78 Å². The largest absolute Gasteiger partial charge is 0.350 e. The molecule has 0 saturated heterocycles. The summed E-state index contributed by atoms with van der Waals surface area (Å²) in [5, 5.41) is 4.58. The number of nitrogens with zero attached hydrogens (tertiary/aromatic N) is 3. The van der Waals surface area contributed by atoms with Crippen molar-refractivity contribution in [3.8, 4) is 0 Å². The summed E-state index contributed by atoms with van der Waals surface area (Å²) in [7, 11) is 0. The van der Waals surface area contributed by atoms with Gasteiger partial charge in [-0.2, -0.15) is 0 Å². The monoisotopic (exact) mass is 450 g/mol. The van der Waals surface area contributed by atoms with Crippen LogP contribution in [0.3, 0.4) is 0 Å². The third kappa shape index (κ3) is 5.27. The van der Waals surface area contributed by atoms with Crippen molar-refractivity contribution < 1.29 is 4.79 Å². The van der Waals surface area contributed by atoms with E-state index in [0.717, 1.165) is 32.5 Å². The Morgan fingerprint density at radius 1 is 1.06 bits per heavy atom. The van der Waals surface area contributed by atoms with Crippen molar-refractivity contribution in [2.75, 3.05) is 0 Å². The van der Waals surface area contributed by atoms with E-state index in [4.69, 9.17) is 16.6 Å². The maximum atomic E-state index is 12.2. The second-order valence-electron chi connectivity index (χ2n) is 7.59. The Morgan fingerprint density at radius 2 is 1.77 bits per heavy atom. The van der Waals surface area contributed by atoms with E-state index in [0.29, 0.717) is 12.1 Å². The minimum absolute atomic E-state index is 0.0574. The average Bonchev–Trinajstić information content (AvgIpc) is 3.11. The van der Waals surface area contributed by atoms with Gasteiger partial charge in [-0.05, 0) is 55.3 Å². The van der Waals surface area contributed by atoms with Crippen LogP contribution in [0.5, 0.6) is 0 Å². The Bertz CT molecular complexity index is 1190. The highest BCUT2D eigenvalue weighted by Gasteiger charge is 2.13. The maximum Gasteiger partial charge on any atom is 0.251 e. The highest BCUT2D eigenvalue weighted by Crippen LogP contribution is 2.28. The number of amides is 1. The number of thioether (sulfide) groups is 1. The summed E-state index contributed by atoms with van der Waals surface area (Å²) in [6, 6.07) is 17.6. The minimum atomic E-state index is -0.0574. The number of aromatic nitrogens is 3. The zero-order valence-electron chi connectivity index (χ0n) is 17.4. The zero-order valence-corrected chi connectivity index (χ0v) is 19.0. The number of carbonyl (C=O) groups excluding carboxylic acids is 1. The van der Waals surface area contributed by atoms with Crippen LogP contribution in [0.2, 0.25) is 5.02 Å². The molecule has 0 radical (unpaired) electrons. The first kappa shape index (κ1) is 21.4. The van der Waals surface area contributed by atoms with Crippen molar-refractivity contribution in [2.24, 2.45) is 0 Å². The van der Waals surface area contributed by atoms with Crippen LogP contribution in [0.1, 0.15) is 35.3 Å². The van der Waals surface area contributed by atoms with Crippen LogP contribution < -0.4 is 5.32 Å². The van der Waals surface area contributed by atoms with E-state index in [2.05, 4.69) is 14.9 Å². The quantitative estimate of drug-likeness (QED) is 0.374. The Labute approximate surface area is 190 Å². The standard InChI is InChI=1S/C24H23ClN4OS/c1-16(2)27-23(30)19-7-3-17(4-8-19)14-29-22-13-26-12-11-21(22)28-24(29)31-15-18-5-9-20(25)10-6-18/h3-13,16H,14-15H2,1-2H3,(H,27,30). The number of rotatable bonds is 7. The number of hydrogen-bond acceptors (Lipinski definition) is 4. The lowest BCUT2D eigenvalue weighted by Crippen LogP contribution is -2.29. The smallest absolute Gasteiger partial charge is 0.251 e. The first-order valence-electron chi connectivity index (χ1n) is 10.1. The number of halogens is 1. The topological polar surface area (TPSA) is 59.8 Å². The van der Waals surface area contributed by atoms with E-state index in [1.807, 2.05) is 74.6 Å². The second-order valence-corrected chi connectivity index (χ2v) is 8.96.